The molecule has 0 bridgehead atoms. The van der Waals surface area contributed by atoms with E-state index < -0.39 is 0 Å². The van der Waals surface area contributed by atoms with Crippen molar-refractivity contribution in [1.29, 1.82) is 0 Å². The summed E-state index contributed by atoms with van der Waals surface area (Å²) in [5, 5.41) is 5.20. The SMILES string of the molecule is CCc1cc(CC)n(-c2ccc(F)cc2CBr)n1. The highest BCUT2D eigenvalue weighted by Crippen LogP contribution is 2.21. The first-order chi connectivity index (χ1) is 8.69. The van der Waals surface area contributed by atoms with Crippen molar-refractivity contribution in [3.8, 4) is 5.69 Å². The van der Waals surface area contributed by atoms with E-state index in [1.165, 1.54) is 6.07 Å². The minimum Gasteiger partial charge on any atom is -0.237 e. The van der Waals surface area contributed by atoms with Gasteiger partial charge in [0.2, 0.25) is 0 Å². The molecule has 1 heterocycles. The Kier molecular flexibility index (Phi) is 4.17. The van der Waals surface area contributed by atoms with Gasteiger partial charge in [-0.15, -0.1) is 0 Å². The summed E-state index contributed by atoms with van der Waals surface area (Å²) in [5.41, 5.74) is 4.08. The Labute approximate surface area is 115 Å². The monoisotopic (exact) mass is 310 g/mol. The summed E-state index contributed by atoms with van der Waals surface area (Å²) in [6.07, 6.45) is 1.82. The van der Waals surface area contributed by atoms with Crippen LogP contribution in [0.4, 0.5) is 4.39 Å². The third-order valence-corrected chi connectivity index (χ3v) is 3.58. The minimum atomic E-state index is -0.214. The first-order valence-corrected chi connectivity index (χ1v) is 7.24. The van der Waals surface area contributed by atoms with Crippen molar-refractivity contribution >= 4 is 15.9 Å². The zero-order chi connectivity index (χ0) is 13.1. The summed E-state index contributed by atoms with van der Waals surface area (Å²) in [4.78, 5) is 0. The molecule has 18 heavy (non-hydrogen) atoms. The summed E-state index contributed by atoms with van der Waals surface area (Å²) < 4.78 is 15.2. The molecule has 96 valence electrons. The van der Waals surface area contributed by atoms with Gasteiger partial charge in [0, 0.05) is 11.0 Å². The maximum atomic E-state index is 13.3. The maximum absolute atomic E-state index is 13.3. The molecular formula is C14H16BrFN2. The molecule has 2 rings (SSSR count). The van der Waals surface area contributed by atoms with Crippen molar-refractivity contribution < 1.29 is 4.39 Å². The van der Waals surface area contributed by atoms with Gasteiger partial charge in [-0.05, 0) is 42.7 Å². The minimum absolute atomic E-state index is 0.214. The Morgan fingerprint density at radius 1 is 1.22 bits per heavy atom. The average Bonchev–Trinajstić information content (AvgIpc) is 2.81. The van der Waals surface area contributed by atoms with Crippen molar-refractivity contribution in [3.05, 3.63) is 47.0 Å². The van der Waals surface area contributed by atoms with Gasteiger partial charge in [0.15, 0.2) is 0 Å². The molecule has 0 saturated heterocycles. The molecule has 0 N–H and O–H groups in total. The van der Waals surface area contributed by atoms with Gasteiger partial charge < -0.3 is 0 Å². The smallest absolute Gasteiger partial charge is 0.123 e. The lowest BCUT2D eigenvalue weighted by atomic mass is 10.2. The molecule has 2 aromatic rings. The van der Waals surface area contributed by atoms with Crippen LogP contribution in [-0.4, -0.2) is 9.78 Å². The molecule has 0 unspecified atom stereocenters. The number of benzene rings is 1. The van der Waals surface area contributed by atoms with Crippen LogP contribution in [0.5, 0.6) is 0 Å². The number of aromatic nitrogens is 2. The van der Waals surface area contributed by atoms with Gasteiger partial charge in [0.1, 0.15) is 5.82 Å². The van der Waals surface area contributed by atoms with Crippen LogP contribution >= 0.6 is 15.9 Å². The highest BCUT2D eigenvalue weighted by atomic mass is 79.9. The largest absolute Gasteiger partial charge is 0.237 e. The predicted molar refractivity (Wildman–Crippen MR) is 74.9 cm³/mol. The highest BCUT2D eigenvalue weighted by Gasteiger charge is 2.11. The van der Waals surface area contributed by atoms with Gasteiger partial charge in [0.25, 0.3) is 0 Å². The fraction of sp³-hybridized carbons (Fsp3) is 0.357. The van der Waals surface area contributed by atoms with E-state index in [2.05, 4.69) is 40.9 Å². The predicted octanol–water partition coefficient (Wildman–Crippen LogP) is 4.03. The van der Waals surface area contributed by atoms with Gasteiger partial charge in [-0.1, -0.05) is 29.8 Å². The molecule has 1 aromatic heterocycles. The molecule has 0 saturated carbocycles. The summed E-state index contributed by atoms with van der Waals surface area (Å²) in [6.45, 7) is 4.19. The molecule has 0 radical (unpaired) electrons. The molecule has 1 aromatic carbocycles. The number of alkyl halides is 1. The number of aryl methyl sites for hydroxylation is 2. The highest BCUT2D eigenvalue weighted by molar-refractivity contribution is 9.08. The average molecular weight is 311 g/mol. The molecule has 0 aliphatic rings. The Morgan fingerprint density at radius 2 is 2.00 bits per heavy atom. The summed E-state index contributed by atoms with van der Waals surface area (Å²) in [7, 11) is 0. The van der Waals surface area contributed by atoms with Crippen molar-refractivity contribution in [3.63, 3.8) is 0 Å². The van der Waals surface area contributed by atoms with E-state index in [1.807, 2.05) is 4.68 Å². The zero-order valence-electron chi connectivity index (χ0n) is 10.6. The van der Waals surface area contributed by atoms with Crippen LogP contribution in [-0.2, 0) is 18.2 Å². The zero-order valence-corrected chi connectivity index (χ0v) is 12.2. The molecule has 0 aliphatic heterocycles. The van der Waals surface area contributed by atoms with E-state index in [0.717, 1.165) is 35.5 Å². The van der Waals surface area contributed by atoms with E-state index in [4.69, 9.17) is 0 Å². The third-order valence-electron chi connectivity index (χ3n) is 2.97. The lowest BCUT2D eigenvalue weighted by molar-refractivity contribution is 0.625. The van der Waals surface area contributed by atoms with Gasteiger partial charge >= 0.3 is 0 Å². The molecule has 2 nitrogen and oxygen atoms in total. The fourth-order valence-electron chi connectivity index (χ4n) is 1.98. The topological polar surface area (TPSA) is 17.8 Å². The van der Waals surface area contributed by atoms with E-state index >= 15 is 0 Å². The molecule has 0 fully saturated rings. The number of rotatable bonds is 4. The summed E-state index contributed by atoms with van der Waals surface area (Å²) in [5.74, 6) is -0.214. The summed E-state index contributed by atoms with van der Waals surface area (Å²) in [6, 6.07) is 6.93. The lowest BCUT2D eigenvalue weighted by Crippen LogP contribution is -2.05. The van der Waals surface area contributed by atoms with Crippen LogP contribution in [0.25, 0.3) is 5.69 Å². The van der Waals surface area contributed by atoms with E-state index in [-0.39, 0.29) is 5.82 Å². The van der Waals surface area contributed by atoms with E-state index in [9.17, 15) is 4.39 Å². The lowest BCUT2D eigenvalue weighted by Gasteiger charge is -2.10. The van der Waals surface area contributed by atoms with Crippen molar-refractivity contribution in [2.75, 3.05) is 0 Å². The second kappa shape index (κ2) is 5.65. The van der Waals surface area contributed by atoms with Crippen molar-refractivity contribution in [1.82, 2.24) is 9.78 Å². The van der Waals surface area contributed by atoms with Gasteiger partial charge in [-0.25, -0.2) is 9.07 Å². The van der Waals surface area contributed by atoms with Gasteiger partial charge in [0.05, 0.1) is 11.4 Å². The number of nitrogens with zero attached hydrogens (tertiary/aromatic N) is 2. The van der Waals surface area contributed by atoms with Crippen LogP contribution in [0.2, 0.25) is 0 Å². The van der Waals surface area contributed by atoms with E-state index in [0.29, 0.717) is 5.33 Å². The number of hydrogen-bond acceptors (Lipinski definition) is 1. The first kappa shape index (κ1) is 13.3. The van der Waals surface area contributed by atoms with Crippen LogP contribution in [0.3, 0.4) is 0 Å². The Bertz CT molecular complexity index is 549. The Morgan fingerprint density at radius 3 is 2.61 bits per heavy atom. The molecule has 0 amide bonds. The van der Waals surface area contributed by atoms with Crippen LogP contribution in [0.1, 0.15) is 30.8 Å². The second-order valence-electron chi connectivity index (χ2n) is 4.15. The third kappa shape index (κ3) is 2.48. The van der Waals surface area contributed by atoms with Crippen LogP contribution in [0.15, 0.2) is 24.3 Å². The fourth-order valence-corrected chi connectivity index (χ4v) is 2.43. The van der Waals surface area contributed by atoms with Crippen molar-refractivity contribution in [2.45, 2.75) is 32.0 Å². The van der Waals surface area contributed by atoms with Gasteiger partial charge in [-0.3, -0.25) is 0 Å². The normalized spacial score (nSPS) is 10.9. The van der Waals surface area contributed by atoms with Crippen LogP contribution in [0, 0.1) is 5.82 Å². The first-order valence-electron chi connectivity index (χ1n) is 6.12. The second-order valence-corrected chi connectivity index (χ2v) is 4.71. The molecule has 0 aliphatic carbocycles. The molecule has 4 heteroatoms. The number of hydrogen-bond donors (Lipinski definition) is 0. The quantitative estimate of drug-likeness (QED) is 0.780. The maximum Gasteiger partial charge on any atom is 0.123 e. The Balaban J connectivity index is 2.56. The molecular weight excluding hydrogens is 295 g/mol. The molecule has 0 atom stereocenters. The van der Waals surface area contributed by atoms with E-state index in [1.54, 1.807) is 12.1 Å². The summed E-state index contributed by atoms with van der Waals surface area (Å²) >= 11 is 3.40. The Hall–Kier alpha value is -1.16. The standard InChI is InChI=1S/C14H16BrFN2/c1-3-12-8-13(4-2)18(17-12)14-6-5-11(16)7-10(14)9-15/h5-8H,3-4,9H2,1-2H3. The molecule has 0 spiro atoms. The number of halogens is 2. The van der Waals surface area contributed by atoms with Crippen LogP contribution < -0.4 is 0 Å². The van der Waals surface area contributed by atoms with Gasteiger partial charge in [-0.2, -0.15) is 5.10 Å². The van der Waals surface area contributed by atoms with Crippen molar-refractivity contribution in [2.24, 2.45) is 0 Å².